The molecule has 1 saturated heterocycles. The number of anilines is 1. The fourth-order valence-corrected chi connectivity index (χ4v) is 2.07. The van der Waals surface area contributed by atoms with Crippen molar-refractivity contribution in [3.8, 4) is 0 Å². The summed E-state index contributed by atoms with van der Waals surface area (Å²) in [5, 5.41) is 2.81. The molecule has 1 heterocycles. The molecule has 1 fully saturated rings. The Kier molecular flexibility index (Phi) is 3.26. The number of hydrogen-bond acceptors (Lipinski definition) is 3. The van der Waals surface area contributed by atoms with Crippen molar-refractivity contribution in [1.82, 2.24) is 5.32 Å². The van der Waals surface area contributed by atoms with Gasteiger partial charge in [-0.05, 0) is 38.0 Å². The van der Waals surface area contributed by atoms with Crippen molar-refractivity contribution < 1.29 is 13.9 Å². The minimum absolute atomic E-state index is 0.0133. The van der Waals surface area contributed by atoms with Crippen LogP contribution in [0.3, 0.4) is 0 Å². The van der Waals surface area contributed by atoms with Crippen molar-refractivity contribution in [2.24, 2.45) is 0 Å². The molecule has 0 radical (unpaired) electrons. The van der Waals surface area contributed by atoms with E-state index in [1.807, 2.05) is 6.92 Å². The molecule has 1 amide bonds. The predicted molar refractivity (Wildman–Crippen MR) is 66.9 cm³/mol. The van der Waals surface area contributed by atoms with Gasteiger partial charge in [-0.1, -0.05) is 0 Å². The summed E-state index contributed by atoms with van der Waals surface area (Å²) in [6.07, 6.45) is 0.724. The van der Waals surface area contributed by atoms with Gasteiger partial charge in [-0.15, -0.1) is 0 Å². The highest BCUT2D eigenvalue weighted by Gasteiger charge is 2.32. The Morgan fingerprint density at radius 2 is 2.28 bits per heavy atom. The minimum atomic E-state index is -0.524. The molecular weight excluding hydrogens is 235 g/mol. The number of rotatable bonds is 2. The zero-order valence-electron chi connectivity index (χ0n) is 10.5. The van der Waals surface area contributed by atoms with Gasteiger partial charge >= 0.3 is 0 Å². The number of nitrogens with two attached hydrogens (primary N) is 1. The third-order valence-electron chi connectivity index (χ3n) is 3.16. The molecular formula is C13H17FN2O2. The van der Waals surface area contributed by atoms with Crippen LogP contribution in [0.2, 0.25) is 0 Å². The van der Waals surface area contributed by atoms with Crippen molar-refractivity contribution in [3.05, 3.63) is 29.1 Å². The minimum Gasteiger partial charge on any atom is -0.399 e. The third-order valence-corrected chi connectivity index (χ3v) is 3.16. The first-order valence-electron chi connectivity index (χ1n) is 5.87. The number of aryl methyl sites for hydroxylation is 1. The number of carbonyl (C=O) groups is 1. The molecule has 1 aromatic rings. The van der Waals surface area contributed by atoms with E-state index in [4.69, 9.17) is 10.5 Å². The Bertz CT molecular complexity index is 482. The van der Waals surface area contributed by atoms with Crippen LogP contribution in [0.25, 0.3) is 0 Å². The van der Waals surface area contributed by atoms with E-state index >= 15 is 0 Å². The van der Waals surface area contributed by atoms with E-state index < -0.39 is 17.3 Å². The molecule has 0 aromatic heterocycles. The van der Waals surface area contributed by atoms with E-state index in [-0.39, 0.29) is 5.56 Å². The van der Waals surface area contributed by atoms with Crippen LogP contribution in [0.15, 0.2) is 12.1 Å². The summed E-state index contributed by atoms with van der Waals surface area (Å²) >= 11 is 0. The first-order chi connectivity index (χ1) is 8.41. The van der Waals surface area contributed by atoms with Gasteiger partial charge < -0.3 is 15.8 Å². The van der Waals surface area contributed by atoms with Crippen LogP contribution in [0.1, 0.15) is 29.3 Å². The van der Waals surface area contributed by atoms with E-state index in [2.05, 4.69) is 5.32 Å². The average Bonchev–Trinajstić information content (AvgIpc) is 2.70. The normalized spacial score (nSPS) is 23.1. The van der Waals surface area contributed by atoms with Crippen LogP contribution in [-0.2, 0) is 4.74 Å². The van der Waals surface area contributed by atoms with Gasteiger partial charge in [-0.3, -0.25) is 4.79 Å². The summed E-state index contributed by atoms with van der Waals surface area (Å²) in [5.74, 6) is -0.972. The number of hydrogen-bond donors (Lipinski definition) is 2. The summed E-state index contributed by atoms with van der Waals surface area (Å²) in [4.78, 5) is 12.1. The van der Waals surface area contributed by atoms with Crippen molar-refractivity contribution >= 4 is 11.6 Å². The van der Waals surface area contributed by atoms with Crippen molar-refractivity contribution in [3.63, 3.8) is 0 Å². The lowest BCUT2D eigenvalue weighted by Crippen LogP contribution is -2.46. The fraction of sp³-hybridized carbons (Fsp3) is 0.462. The maximum Gasteiger partial charge on any atom is 0.254 e. The van der Waals surface area contributed by atoms with Gasteiger partial charge in [0.1, 0.15) is 5.82 Å². The highest BCUT2D eigenvalue weighted by Crippen LogP contribution is 2.21. The quantitative estimate of drug-likeness (QED) is 0.786. The molecule has 0 bridgehead atoms. The number of ether oxygens (including phenoxy) is 1. The zero-order valence-corrected chi connectivity index (χ0v) is 10.5. The fourth-order valence-electron chi connectivity index (χ4n) is 2.07. The molecule has 3 N–H and O–H groups in total. The lowest BCUT2D eigenvalue weighted by molar-refractivity contribution is 0.0885. The lowest BCUT2D eigenvalue weighted by atomic mass is 10.0. The summed E-state index contributed by atoms with van der Waals surface area (Å²) < 4.78 is 19.1. The van der Waals surface area contributed by atoms with Crippen LogP contribution in [0.5, 0.6) is 0 Å². The van der Waals surface area contributed by atoms with Gasteiger partial charge in [0, 0.05) is 12.3 Å². The van der Waals surface area contributed by atoms with Gasteiger partial charge in [-0.25, -0.2) is 4.39 Å². The van der Waals surface area contributed by atoms with Crippen LogP contribution >= 0.6 is 0 Å². The molecule has 18 heavy (non-hydrogen) atoms. The Morgan fingerprint density at radius 3 is 2.89 bits per heavy atom. The second-order valence-corrected chi connectivity index (χ2v) is 5.02. The molecule has 1 unspecified atom stereocenters. The highest BCUT2D eigenvalue weighted by atomic mass is 19.1. The molecule has 0 saturated carbocycles. The molecule has 4 nitrogen and oxygen atoms in total. The Labute approximate surface area is 105 Å². The molecule has 1 aliphatic heterocycles. The molecule has 1 aliphatic rings. The molecule has 1 atom stereocenters. The lowest BCUT2D eigenvalue weighted by Gasteiger charge is -2.23. The van der Waals surface area contributed by atoms with Crippen LogP contribution in [0, 0.1) is 12.7 Å². The second-order valence-electron chi connectivity index (χ2n) is 5.02. The number of carbonyl (C=O) groups excluding carboxylic acids is 1. The Morgan fingerprint density at radius 1 is 1.56 bits per heavy atom. The standard InChI is InChI=1S/C13H17FN2O2/c1-8-5-9(15)6-10(11(8)14)12(17)16-13(2)3-4-18-7-13/h5-6H,3-4,7,15H2,1-2H3,(H,16,17). The summed E-state index contributed by atoms with van der Waals surface area (Å²) in [7, 11) is 0. The largest absolute Gasteiger partial charge is 0.399 e. The van der Waals surface area contributed by atoms with Crippen LogP contribution in [0.4, 0.5) is 10.1 Å². The van der Waals surface area contributed by atoms with E-state index in [0.717, 1.165) is 6.42 Å². The van der Waals surface area contributed by atoms with E-state index in [1.165, 1.54) is 12.1 Å². The maximum absolute atomic E-state index is 13.9. The highest BCUT2D eigenvalue weighted by molar-refractivity contribution is 5.96. The van der Waals surface area contributed by atoms with E-state index in [9.17, 15) is 9.18 Å². The maximum atomic E-state index is 13.9. The van der Waals surface area contributed by atoms with Crippen LogP contribution in [-0.4, -0.2) is 24.7 Å². The average molecular weight is 252 g/mol. The number of halogens is 1. The monoisotopic (exact) mass is 252 g/mol. The number of benzene rings is 1. The Hall–Kier alpha value is -1.62. The number of amides is 1. The van der Waals surface area contributed by atoms with E-state index in [1.54, 1.807) is 6.92 Å². The van der Waals surface area contributed by atoms with Gasteiger partial charge in [-0.2, -0.15) is 0 Å². The predicted octanol–water partition coefficient (Wildman–Crippen LogP) is 1.63. The molecule has 98 valence electrons. The molecule has 5 heteroatoms. The number of nitrogens with one attached hydrogen (secondary N) is 1. The molecule has 1 aromatic carbocycles. The van der Waals surface area contributed by atoms with Gasteiger partial charge in [0.05, 0.1) is 17.7 Å². The molecule has 2 rings (SSSR count). The van der Waals surface area contributed by atoms with Gasteiger partial charge in [0.15, 0.2) is 0 Å². The SMILES string of the molecule is Cc1cc(N)cc(C(=O)NC2(C)CCOC2)c1F. The Balaban J connectivity index is 2.23. The van der Waals surface area contributed by atoms with Gasteiger partial charge in [0.2, 0.25) is 0 Å². The van der Waals surface area contributed by atoms with E-state index in [0.29, 0.717) is 24.5 Å². The first-order valence-corrected chi connectivity index (χ1v) is 5.87. The van der Waals surface area contributed by atoms with Crippen molar-refractivity contribution in [2.45, 2.75) is 25.8 Å². The third kappa shape index (κ3) is 2.46. The smallest absolute Gasteiger partial charge is 0.254 e. The summed E-state index contributed by atoms with van der Waals surface area (Å²) in [6.45, 7) is 4.52. The first kappa shape index (κ1) is 12.8. The molecule has 0 aliphatic carbocycles. The number of nitrogen functional groups attached to an aromatic ring is 1. The summed E-state index contributed by atoms with van der Waals surface area (Å²) in [5.41, 5.74) is 5.94. The summed E-state index contributed by atoms with van der Waals surface area (Å²) in [6, 6.07) is 2.86. The second kappa shape index (κ2) is 4.57. The van der Waals surface area contributed by atoms with Crippen molar-refractivity contribution in [1.29, 1.82) is 0 Å². The van der Waals surface area contributed by atoms with Crippen molar-refractivity contribution in [2.75, 3.05) is 18.9 Å². The van der Waals surface area contributed by atoms with Gasteiger partial charge in [0.25, 0.3) is 5.91 Å². The topological polar surface area (TPSA) is 64.4 Å². The molecule has 0 spiro atoms. The zero-order chi connectivity index (χ0) is 13.3. The van der Waals surface area contributed by atoms with Crippen LogP contribution < -0.4 is 11.1 Å².